The monoisotopic (exact) mass is 277 g/mol. The number of hydrogen-bond donors (Lipinski definition) is 2. The van der Waals surface area contributed by atoms with Crippen LogP contribution in [-0.2, 0) is 20.7 Å². The number of nitrogens with zero attached hydrogens (tertiary/aromatic N) is 2. The van der Waals surface area contributed by atoms with Crippen LogP contribution in [0.5, 0.6) is 0 Å². The van der Waals surface area contributed by atoms with E-state index in [-0.39, 0.29) is 6.42 Å². The molecule has 1 amide bonds. The number of carbonyl (C=O) groups excluding carboxylic acids is 2. The van der Waals surface area contributed by atoms with Gasteiger partial charge in [0.15, 0.2) is 6.04 Å². The minimum atomic E-state index is -1.05. The topological polar surface area (TPSA) is 92.9 Å². The normalized spacial score (nSPS) is 12.1. The Morgan fingerprint density at radius 1 is 1.50 bits per heavy atom. The summed E-state index contributed by atoms with van der Waals surface area (Å²) >= 11 is 0. The van der Waals surface area contributed by atoms with Crippen molar-refractivity contribution in [2.24, 2.45) is 0 Å². The maximum Gasteiger partial charge on any atom is 0.330 e. The predicted octanol–water partition coefficient (Wildman–Crippen LogP) is -0.473. The van der Waals surface area contributed by atoms with E-state index in [0.29, 0.717) is 5.69 Å². The first kappa shape index (κ1) is 14.0. The number of aliphatic hydroxyl groups is 1. The minimum Gasteiger partial charge on any atom is -0.467 e. The van der Waals surface area contributed by atoms with Crippen LogP contribution in [0.15, 0.2) is 30.6 Å². The van der Waals surface area contributed by atoms with Gasteiger partial charge in [-0.3, -0.25) is 4.79 Å². The SMILES string of the molecule is COC(=O)C(CO)NC(=O)Cc1cn2ccccc2n1. The number of fused-ring (bicyclic) bond motifs is 1. The van der Waals surface area contributed by atoms with Crippen LogP contribution in [0.4, 0.5) is 0 Å². The van der Waals surface area contributed by atoms with Gasteiger partial charge in [-0.15, -0.1) is 0 Å². The number of methoxy groups -OCH3 is 1. The highest BCUT2D eigenvalue weighted by Gasteiger charge is 2.20. The van der Waals surface area contributed by atoms with E-state index in [1.807, 2.05) is 24.4 Å². The maximum absolute atomic E-state index is 11.8. The second-order valence-corrected chi connectivity index (χ2v) is 4.20. The van der Waals surface area contributed by atoms with Gasteiger partial charge in [0.2, 0.25) is 5.91 Å². The summed E-state index contributed by atoms with van der Waals surface area (Å²) in [5.74, 6) is -1.09. The average molecular weight is 277 g/mol. The number of nitrogens with one attached hydrogen (secondary N) is 1. The number of rotatable bonds is 5. The van der Waals surface area contributed by atoms with E-state index in [4.69, 9.17) is 5.11 Å². The second kappa shape index (κ2) is 6.16. The molecule has 1 unspecified atom stereocenters. The van der Waals surface area contributed by atoms with E-state index < -0.39 is 24.5 Å². The predicted molar refractivity (Wildman–Crippen MR) is 69.9 cm³/mol. The molecule has 0 aromatic carbocycles. The highest BCUT2D eigenvalue weighted by atomic mass is 16.5. The van der Waals surface area contributed by atoms with Crippen LogP contribution in [0.2, 0.25) is 0 Å². The van der Waals surface area contributed by atoms with Gasteiger partial charge in [0.25, 0.3) is 0 Å². The third kappa shape index (κ3) is 3.12. The van der Waals surface area contributed by atoms with E-state index >= 15 is 0 Å². The summed E-state index contributed by atoms with van der Waals surface area (Å²) in [5, 5.41) is 11.4. The molecule has 0 saturated carbocycles. The van der Waals surface area contributed by atoms with Crippen LogP contribution in [-0.4, -0.2) is 46.1 Å². The molecule has 7 nitrogen and oxygen atoms in total. The molecule has 2 aromatic rings. The van der Waals surface area contributed by atoms with E-state index in [1.54, 1.807) is 10.6 Å². The Balaban J connectivity index is 2.02. The number of imidazole rings is 1. The standard InChI is InChI=1S/C13H15N3O4/c1-20-13(19)10(8-17)15-12(18)6-9-7-16-5-3-2-4-11(16)14-9/h2-5,7,10,17H,6,8H2,1H3,(H,15,18). The molecule has 2 N–H and O–H groups in total. The highest BCUT2D eigenvalue weighted by molar-refractivity contribution is 5.85. The molecule has 0 fully saturated rings. The Hall–Kier alpha value is -2.41. The van der Waals surface area contributed by atoms with Gasteiger partial charge in [-0.1, -0.05) is 6.07 Å². The molecule has 0 aliphatic rings. The fourth-order valence-electron chi connectivity index (χ4n) is 1.80. The lowest BCUT2D eigenvalue weighted by atomic mass is 10.2. The minimum absolute atomic E-state index is 0.0230. The number of carbonyl (C=O) groups is 2. The van der Waals surface area contributed by atoms with E-state index in [9.17, 15) is 9.59 Å². The summed E-state index contributed by atoms with van der Waals surface area (Å²) in [6, 6.07) is 4.49. The lowest BCUT2D eigenvalue weighted by Crippen LogP contribution is -2.44. The van der Waals surface area contributed by atoms with Crippen LogP contribution >= 0.6 is 0 Å². The molecule has 106 valence electrons. The first-order valence-electron chi connectivity index (χ1n) is 6.04. The molecule has 2 heterocycles. The largest absolute Gasteiger partial charge is 0.467 e. The molecular weight excluding hydrogens is 262 g/mol. The molecule has 1 atom stereocenters. The average Bonchev–Trinajstić information content (AvgIpc) is 2.85. The molecule has 0 saturated heterocycles. The van der Waals surface area contributed by atoms with Crippen LogP contribution in [0.3, 0.4) is 0 Å². The van der Waals surface area contributed by atoms with Crippen molar-refractivity contribution in [1.82, 2.24) is 14.7 Å². The molecule has 2 rings (SSSR count). The summed E-state index contributed by atoms with van der Waals surface area (Å²) in [5.41, 5.74) is 1.32. The number of pyridine rings is 1. The van der Waals surface area contributed by atoms with Gasteiger partial charge in [0, 0.05) is 12.4 Å². The van der Waals surface area contributed by atoms with Gasteiger partial charge in [0.05, 0.1) is 25.8 Å². The van der Waals surface area contributed by atoms with Gasteiger partial charge >= 0.3 is 5.97 Å². The molecule has 7 heteroatoms. The molecular formula is C13H15N3O4. The van der Waals surface area contributed by atoms with E-state index in [0.717, 1.165) is 5.65 Å². The van der Waals surface area contributed by atoms with Crippen molar-refractivity contribution in [2.75, 3.05) is 13.7 Å². The van der Waals surface area contributed by atoms with Gasteiger partial charge in [0.1, 0.15) is 5.65 Å². The van der Waals surface area contributed by atoms with Crippen molar-refractivity contribution < 1.29 is 19.4 Å². The molecule has 0 aliphatic carbocycles. The van der Waals surface area contributed by atoms with Gasteiger partial charge in [-0.05, 0) is 12.1 Å². The van der Waals surface area contributed by atoms with Crippen molar-refractivity contribution >= 4 is 17.5 Å². The van der Waals surface area contributed by atoms with Crippen LogP contribution in [0.1, 0.15) is 5.69 Å². The molecule has 0 spiro atoms. The summed E-state index contributed by atoms with van der Waals surface area (Å²) in [4.78, 5) is 27.3. The number of esters is 1. The van der Waals surface area contributed by atoms with Crippen LogP contribution in [0.25, 0.3) is 5.65 Å². The zero-order valence-corrected chi connectivity index (χ0v) is 10.9. The summed E-state index contributed by atoms with van der Waals surface area (Å²) < 4.78 is 6.27. The molecule has 20 heavy (non-hydrogen) atoms. The lowest BCUT2D eigenvalue weighted by Gasteiger charge is -2.13. The summed E-state index contributed by atoms with van der Waals surface area (Å²) in [7, 11) is 1.19. The quantitative estimate of drug-likeness (QED) is 0.721. The number of amides is 1. The van der Waals surface area contributed by atoms with Gasteiger partial charge in [-0.2, -0.15) is 0 Å². The van der Waals surface area contributed by atoms with Gasteiger partial charge in [-0.25, -0.2) is 9.78 Å². The highest BCUT2D eigenvalue weighted by Crippen LogP contribution is 2.05. The third-order valence-electron chi connectivity index (χ3n) is 2.76. The van der Waals surface area contributed by atoms with Crippen LogP contribution in [0, 0.1) is 0 Å². The first-order valence-corrected chi connectivity index (χ1v) is 6.04. The van der Waals surface area contributed by atoms with Crippen molar-refractivity contribution in [3.63, 3.8) is 0 Å². The lowest BCUT2D eigenvalue weighted by molar-refractivity contribution is -0.146. The zero-order valence-electron chi connectivity index (χ0n) is 10.9. The maximum atomic E-state index is 11.8. The fraction of sp³-hybridized carbons (Fsp3) is 0.308. The van der Waals surface area contributed by atoms with Gasteiger partial charge < -0.3 is 19.6 Å². The summed E-state index contributed by atoms with van der Waals surface area (Å²) in [6.45, 7) is -0.510. The molecule has 2 aromatic heterocycles. The third-order valence-corrected chi connectivity index (χ3v) is 2.76. The van der Waals surface area contributed by atoms with Crippen molar-refractivity contribution in [3.05, 3.63) is 36.3 Å². The number of ether oxygens (including phenoxy) is 1. The number of hydrogen-bond acceptors (Lipinski definition) is 5. The van der Waals surface area contributed by atoms with E-state index in [2.05, 4.69) is 15.0 Å². The van der Waals surface area contributed by atoms with Crippen molar-refractivity contribution in [1.29, 1.82) is 0 Å². The number of aromatic nitrogens is 2. The molecule has 0 aliphatic heterocycles. The Kier molecular flexibility index (Phi) is 4.31. The smallest absolute Gasteiger partial charge is 0.330 e. The summed E-state index contributed by atoms with van der Waals surface area (Å²) in [6.07, 6.45) is 3.59. The second-order valence-electron chi connectivity index (χ2n) is 4.20. The Morgan fingerprint density at radius 3 is 2.95 bits per heavy atom. The van der Waals surface area contributed by atoms with Crippen molar-refractivity contribution in [2.45, 2.75) is 12.5 Å². The van der Waals surface area contributed by atoms with Crippen molar-refractivity contribution in [3.8, 4) is 0 Å². The Bertz CT molecular complexity index is 590. The van der Waals surface area contributed by atoms with E-state index in [1.165, 1.54) is 7.11 Å². The fourth-order valence-corrected chi connectivity index (χ4v) is 1.80. The number of aliphatic hydroxyl groups excluding tert-OH is 1. The van der Waals surface area contributed by atoms with Crippen LogP contribution < -0.4 is 5.32 Å². The molecule has 0 bridgehead atoms. The first-order chi connectivity index (χ1) is 9.63. The Morgan fingerprint density at radius 2 is 2.30 bits per heavy atom. The zero-order chi connectivity index (χ0) is 14.5. The Labute approximate surface area is 115 Å². The molecule has 0 radical (unpaired) electrons.